The third kappa shape index (κ3) is 2.27. The van der Waals surface area contributed by atoms with Crippen molar-refractivity contribution in [3.8, 4) is 22.8 Å². The summed E-state index contributed by atoms with van der Waals surface area (Å²) in [5.74, 6) is 0.392. The van der Waals surface area contributed by atoms with Crippen LogP contribution in [0, 0.1) is 0 Å². The number of carboxylic acid groups (broad SMARTS) is 1. The number of hydrogen-bond donors (Lipinski definition) is 1. The molecule has 100 valence electrons. The number of carbonyl (C=O) groups is 1. The van der Waals surface area contributed by atoms with Gasteiger partial charge in [-0.2, -0.15) is 0 Å². The Morgan fingerprint density at radius 2 is 1.89 bits per heavy atom. The highest BCUT2D eigenvalue weighted by molar-refractivity contribution is 5.88. The van der Waals surface area contributed by atoms with Gasteiger partial charge in [0, 0.05) is 12.6 Å². The molecule has 0 aliphatic heterocycles. The molecule has 19 heavy (non-hydrogen) atoms. The molecular weight excluding hydrogens is 246 g/mol. The van der Waals surface area contributed by atoms with Gasteiger partial charge in [0.1, 0.15) is 17.2 Å². The van der Waals surface area contributed by atoms with E-state index in [9.17, 15) is 4.79 Å². The predicted octanol–water partition coefficient (Wildman–Crippen LogP) is 2.41. The SMILES string of the molecule is COc1ccc(OC)c(-c2ccc(C(=O)O)n2C)c1. The molecule has 0 atom stereocenters. The molecule has 1 aromatic carbocycles. The van der Waals surface area contributed by atoms with Crippen molar-refractivity contribution >= 4 is 5.97 Å². The molecule has 0 spiro atoms. The minimum absolute atomic E-state index is 0.222. The fraction of sp³-hybridized carbons (Fsp3) is 0.214. The van der Waals surface area contributed by atoms with E-state index < -0.39 is 5.97 Å². The number of nitrogens with zero attached hydrogens (tertiary/aromatic N) is 1. The van der Waals surface area contributed by atoms with Gasteiger partial charge in [0.05, 0.1) is 19.9 Å². The quantitative estimate of drug-likeness (QED) is 0.918. The van der Waals surface area contributed by atoms with E-state index in [4.69, 9.17) is 14.6 Å². The van der Waals surface area contributed by atoms with Gasteiger partial charge in [0.15, 0.2) is 0 Å². The maximum Gasteiger partial charge on any atom is 0.352 e. The summed E-state index contributed by atoms with van der Waals surface area (Å²) in [6.07, 6.45) is 0. The summed E-state index contributed by atoms with van der Waals surface area (Å²) in [6.45, 7) is 0. The van der Waals surface area contributed by atoms with Crippen molar-refractivity contribution in [1.82, 2.24) is 4.57 Å². The zero-order valence-corrected chi connectivity index (χ0v) is 11.0. The molecule has 2 aromatic rings. The Balaban J connectivity index is 2.60. The van der Waals surface area contributed by atoms with Gasteiger partial charge in [-0.05, 0) is 30.3 Å². The molecule has 0 aliphatic rings. The van der Waals surface area contributed by atoms with Crippen LogP contribution in [0.1, 0.15) is 10.5 Å². The lowest BCUT2D eigenvalue weighted by Crippen LogP contribution is -2.05. The van der Waals surface area contributed by atoms with Gasteiger partial charge in [-0.15, -0.1) is 0 Å². The lowest BCUT2D eigenvalue weighted by Gasteiger charge is -2.12. The second-order valence-electron chi connectivity index (χ2n) is 4.03. The van der Waals surface area contributed by atoms with Crippen molar-refractivity contribution in [3.05, 3.63) is 36.0 Å². The average Bonchev–Trinajstić information content (AvgIpc) is 2.79. The summed E-state index contributed by atoms with van der Waals surface area (Å²) < 4.78 is 12.1. The van der Waals surface area contributed by atoms with Crippen LogP contribution in [-0.4, -0.2) is 29.9 Å². The molecule has 1 heterocycles. The van der Waals surface area contributed by atoms with Gasteiger partial charge in [-0.3, -0.25) is 0 Å². The first-order chi connectivity index (χ1) is 9.08. The van der Waals surface area contributed by atoms with Crippen molar-refractivity contribution < 1.29 is 19.4 Å². The molecule has 5 nitrogen and oxygen atoms in total. The third-order valence-electron chi connectivity index (χ3n) is 3.02. The van der Waals surface area contributed by atoms with Crippen LogP contribution in [0.25, 0.3) is 11.3 Å². The van der Waals surface area contributed by atoms with Gasteiger partial charge in [0.25, 0.3) is 0 Å². The minimum atomic E-state index is -0.962. The van der Waals surface area contributed by atoms with Crippen LogP contribution >= 0.6 is 0 Å². The summed E-state index contributed by atoms with van der Waals surface area (Å²) in [5, 5.41) is 9.08. The number of aromatic carboxylic acids is 1. The van der Waals surface area contributed by atoms with Crippen LogP contribution in [0.15, 0.2) is 30.3 Å². The molecule has 0 bridgehead atoms. The Kier molecular flexibility index (Phi) is 3.46. The fourth-order valence-electron chi connectivity index (χ4n) is 2.01. The van der Waals surface area contributed by atoms with Gasteiger partial charge in [0.2, 0.25) is 0 Å². The molecule has 5 heteroatoms. The summed E-state index contributed by atoms with van der Waals surface area (Å²) in [6, 6.07) is 8.72. The third-order valence-corrected chi connectivity index (χ3v) is 3.02. The largest absolute Gasteiger partial charge is 0.497 e. The smallest absolute Gasteiger partial charge is 0.352 e. The molecule has 1 aromatic heterocycles. The van der Waals surface area contributed by atoms with Crippen LogP contribution in [-0.2, 0) is 7.05 Å². The Labute approximate surface area is 111 Å². The number of rotatable bonds is 4. The van der Waals surface area contributed by atoms with Gasteiger partial charge >= 0.3 is 5.97 Å². The average molecular weight is 261 g/mol. The molecule has 0 amide bonds. The summed E-state index contributed by atoms with van der Waals surface area (Å²) in [4.78, 5) is 11.1. The van der Waals surface area contributed by atoms with E-state index >= 15 is 0 Å². The van der Waals surface area contributed by atoms with Crippen LogP contribution in [0.2, 0.25) is 0 Å². The van der Waals surface area contributed by atoms with E-state index in [2.05, 4.69) is 0 Å². The summed E-state index contributed by atoms with van der Waals surface area (Å²) >= 11 is 0. The Morgan fingerprint density at radius 3 is 2.42 bits per heavy atom. The highest BCUT2D eigenvalue weighted by Crippen LogP contribution is 2.34. The van der Waals surface area contributed by atoms with E-state index in [1.165, 1.54) is 0 Å². The number of ether oxygens (including phenoxy) is 2. The first kappa shape index (κ1) is 13.0. The fourth-order valence-corrected chi connectivity index (χ4v) is 2.01. The Hall–Kier alpha value is -2.43. The van der Waals surface area contributed by atoms with Crippen molar-refractivity contribution in [2.24, 2.45) is 7.05 Å². The van der Waals surface area contributed by atoms with Crippen LogP contribution < -0.4 is 9.47 Å². The standard InChI is InChI=1S/C14H15NO4/c1-15-11(5-6-12(15)14(16)17)10-8-9(18-2)4-7-13(10)19-3/h4-8H,1-3H3,(H,16,17). The van der Waals surface area contributed by atoms with E-state index in [0.29, 0.717) is 11.5 Å². The molecule has 0 saturated carbocycles. The predicted molar refractivity (Wildman–Crippen MR) is 70.9 cm³/mol. The number of aromatic nitrogens is 1. The lowest BCUT2D eigenvalue weighted by atomic mass is 10.1. The summed E-state index contributed by atoms with van der Waals surface area (Å²) in [5.41, 5.74) is 1.77. The normalized spacial score (nSPS) is 10.3. The maximum absolute atomic E-state index is 11.1. The van der Waals surface area contributed by atoms with Crippen molar-refractivity contribution in [3.63, 3.8) is 0 Å². The van der Waals surface area contributed by atoms with Gasteiger partial charge < -0.3 is 19.1 Å². The van der Waals surface area contributed by atoms with Crippen molar-refractivity contribution in [2.75, 3.05) is 14.2 Å². The molecular formula is C14H15NO4. The first-order valence-corrected chi connectivity index (χ1v) is 5.70. The molecule has 1 N–H and O–H groups in total. The van der Waals surface area contributed by atoms with E-state index in [1.807, 2.05) is 6.07 Å². The molecule has 2 rings (SSSR count). The number of hydrogen-bond acceptors (Lipinski definition) is 3. The number of methoxy groups -OCH3 is 2. The second-order valence-corrected chi connectivity index (χ2v) is 4.03. The van der Waals surface area contributed by atoms with Crippen LogP contribution in [0.4, 0.5) is 0 Å². The van der Waals surface area contributed by atoms with Gasteiger partial charge in [-0.25, -0.2) is 4.79 Å². The Bertz CT molecular complexity index is 616. The maximum atomic E-state index is 11.1. The number of carboxylic acids is 1. The molecule has 0 fully saturated rings. The highest BCUT2D eigenvalue weighted by atomic mass is 16.5. The van der Waals surface area contributed by atoms with Crippen molar-refractivity contribution in [1.29, 1.82) is 0 Å². The summed E-state index contributed by atoms with van der Waals surface area (Å²) in [7, 11) is 4.86. The zero-order valence-electron chi connectivity index (χ0n) is 11.0. The molecule has 0 radical (unpaired) electrons. The number of benzene rings is 1. The lowest BCUT2D eigenvalue weighted by molar-refractivity contribution is 0.0686. The first-order valence-electron chi connectivity index (χ1n) is 5.70. The van der Waals surface area contributed by atoms with Gasteiger partial charge in [-0.1, -0.05) is 0 Å². The monoisotopic (exact) mass is 261 g/mol. The minimum Gasteiger partial charge on any atom is -0.497 e. The molecule has 0 aliphatic carbocycles. The molecule has 0 saturated heterocycles. The van der Waals surface area contributed by atoms with E-state index in [1.54, 1.807) is 50.1 Å². The highest BCUT2D eigenvalue weighted by Gasteiger charge is 2.15. The van der Waals surface area contributed by atoms with E-state index in [-0.39, 0.29) is 5.69 Å². The van der Waals surface area contributed by atoms with Crippen molar-refractivity contribution in [2.45, 2.75) is 0 Å². The zero-order chi connectivity index (χ0) is 14.0. The molecule has 0 unspecified atom stereocenters. The topological polar surface area (TPSA) is 60.7 Å². The Morgan fingerprint density at radius 1 is 1.16 bits per heavy atom. The second kappa shape index (κ2) is 5.06. The van der Waals surface area contributed by atoms with Crippen LogP contribution in [0.5, 0.6) is 11.5 Å². The van der Waals surface area contributed by atoms with Crippen LogP contribution in [0.3, 0.4) is 0 Å². The van der Waals surface area contributed by atoms with E-state index in [0.717, 1.165) is 11.3 Å².